The number of esters is 2. The normalized spacial score (nSPS) is 18.9. The highest BCUT2D eigenvalue weighted by molar-refractivity contribution is 5.90. The summed E-state index contributed by atoms with van der Waals surface area (Å²) in [5.74, 6) is -0.341. The number of hydrogen-bond acceptors (Lipinski definition) is 4. The molecule has 0 amide bonds. The van der Waals surface area contributed by atoms with Gasteiger partial charge in [-0.25, -0.2) is 14.0 Å². The summed E-state index contributed by atoms with van der Waals surface area (Å²) in [5, 5.41) is 0. The lowest BCUT2D eigenvalue weighted by Gasteiger charge is -2.28. The van der Waals surface area contributed by atoms with Crippen LogP contribution in [-0.4, -0.2) is 30.3 Å². The van der Waals surface area contributed by atoms with Crippen molar-refractivity contribution in [3.63, 3.8) is 0 Å². The summed E-state index contributed by atoms with van der Waals surface area (Å²) in [7, 11) is 0. The SMILES string of the molecule is CCCCCC[C@@H](C)OC(=O)c1ccc(-c2ccc(CCC3CCC(OC(=O)[C@@H](F)CC)CC3)cc2)cc1. The minimum Gasteiger partial charge on any atom is -0.460 e. The number of alkyl halides is 1. The van der Waals surface area contributed by atoms with Crippen LogP contribution in [0.15, 0.2) is 48.5 Å². The van der Waals surface area contributed by atoms with Crippen LogP contribution < -0.4 is 0 Å². The summed E-state index contributed by atoms with van der Waals surface area (Å²) >= 11 is 0. The third-order valence-electron chi connectivity index (χ3n) is 7.71. The summed E-state index contributed by atoms with van der Waals surface area (Å²) in [4.78, 5) is 24.2. The Kier molecular flexibility index (Phi) is 12.3. The lowest BCUT2D eigenvalue weighted by Crippen LogP contribution is -2.28. The standard InChI is InChI=1S/C33H45FO4/c1-4-6-7-8-9-24(3)37-32(35)29-20-18-28(19-21-29)27-16-12-25(13-17-27)10-11-26-14-22-30(23-15-26)38-33(36)31(34)5-2/h12-13,16-21,24,26,30-31H,4-11,14-15,22-23H2,1-3H3/t24-,26?,30?,31+/m1/s1. The van der Waals surface area contributed by atoms with Crippen LogP contribution in [0.5, 0.6) is 0 Å². The molecule has 0 N–H and O–H groups in total. The van der Waals surface area contributed by atoms with Crippen molar-refractivity contribution in [3.05, 3.63) is 59.7 Å². The summed E-state index contributed by atoms with van der Waals surface area (Å²) in [5.41, 5.74) is 4.09. The first-order valence-corrected chi connectivity index (χ1v) is 14.6. The molecule has 2 aromatic carbocycles. The molecule has 1 aliphatic rings. The Bertz CT molecular complexity index is 977. The fourth-order valence-electron chi connectivity index (χ4n) is 5.14. The van der Waals surface area contributed by atoms with Gasteiger partial charge in [0.05, 0.1) is 11.7 Å². The van der Waals surface area contributed by atoms with Crippen molar-refractivity contribution in [3.8, 4) is 11.1 Å². The lowest BCUT2D eigenvalue weighted by atomic mass is 9.83. The van der Waals surface area contributed by atoms with Crippen LogP contribution in [0.25, 0.3) is 11.1 Å². The number of hydrogen-bond donors (Lipinski definition) is 0. The molecule has 0 unspecified atom stereocenters. The van der Waals surface area contributed by atoms with Crippen LogP contribution in [0.3, 0.4) is 0 Å². The molecule has 0 aromatic heterocycles. The molecule has 4 nitrogen and oxygen atoms in total. The second kappa shape index (κ2) is 15.7. The zero-order chi connectivity index (χ0) is 27.3. The van der Waals surface area contributed by atoms with Gasteiger partial charge in [0.15, 0.2) is 6.17 Å². The van der Waals surface area contributed by atoms with Crippen LogP contribution >= 0.6 is 0 Å². The van der Waals surface area contributed by atoms with Gasteiger partial charge in [0, 0.05) is 0 Å². The van der Waals surface area contributed by atoms with E-state index >= 15 is 0 Å². The first-order chi connectivity index (χ1) is 18.4. The Hall–Kier alpha value is -2.69. The molecule has 0 saturated heterocycles. The minimum absolute atomic E-state index is 0.0610. The quantitative estimate of drug-likeness (QED) is 0.183. The molecule has 5 heteroatoms. The highest BCUT2D eigenvalue weighted by Crippen LogP contribution is 2.30. The molecular formula is C33H45FO4. The monoisotopic (exact) mass is 524 g/mol. The van der Waals surface area contributed by atoms with Gasteiger partial charge in [-0.15, -0.1) is 0 Å². The molecule has 1 fully saturated rings. The third kappa shape index (κ3) is 9.56. The van der Waals surface area contributed by atoms with E-state index in [1.165, 1.54) is 24.8 Å². The lowest BCUT2D eigenvalue weighted by molar-refractivity contribution is -0.157. The van der Waals surface area contributed by atoms with Crippen LogP contribution in [0, 0.1) is 5.92 Å². The van der Waals surface area contributed by atoms with Crippen LogP contribution in [-0.2, 0) is 20.7 Å². The smallest absolute Gasteiger partial charge is 0.340 e. The number of halogens is 1. The van der Waals surface area contributed by atoms with E-state index in [0.29, 0.717) is 11.5 Å². The predicted molar refractivity (Wildman–Crippen MR) is 151 cm³/mol. The van der Waals surface area contributed by atoms with Crippen molar-refractivity contribution in [1.82, 2.24) is 0 Å². The van der Waals surface area contributed by atoms with Crippen molar-refractivity contribution in [2.24, 2.45) is 5.92 Å². The summed E-state index contributed by atoms with van der Waals surface area (Å²) in [6.45, 7) is 5.82. The van der Waals surface area contributed by atoms with E-state index in [1.54, 1.807) is 6.92 Å². The largest absolute Gasteiger partial charge is 0.460 e. The number of aryl methyl sites for hydroxylation is 1. The number of carbonyl (C=O) groups excluding carboxylic acids is 2. The van der Waals surface area contributed by atoms with E-state index in [4.69, 9.17) is 9.47 Å². The highest BCUT2D eigenvalue weighted by Gasteiger charge is 2.26. The Labute approximate surface area is 228 Å². The Morgan fingerprint density at radius 3 is 2.13 bits per heavy atom. The first-order valence-electron chi connectivity index (χ1n) is 14.6. The first kappa shape index (κ1) is 29.9. The maximum atomic E-state index is 13.5. The Morgan fingerprint density at radius 2 is 1.53 bits per heavy atom. The Morgan fingerprint density at radius 1 is 0.895 bits per heavy atom. The van der Waals surface area contributed by atoms with E-state index in [2.05, 4.69) is 31.2 Å². The van der Waals surface area contributed by atoms with Gasteiger partial charge in [0.1, 0.15) is 6.10 Å². The molecule has 208 valence electrons. The van der Waals surface area contributed by atoms with E-state index in [9.17, 15) is 14.0 Å². The van der Waals surface area contributed by atoms with Gasteiger partial charge < -0.3 is 9.47 Å². The van der Waals surface area contributed by atoms with Gasteiger partial charge in [-0.05, 0) is 99.5 Å². The molecule has 3 rings (SSSR count). The number of rotatable bonds is 14. The average Bonchev–Trinajstić information content (AvgIpc) is 2.95. The van der Waals surface area contributed by atoms with Gasteiger partial charge in [-0.3, -0.25) is 0 Å². The number of benzene rings is 2. The molecule has 1 aliphatic carbocycles. The molecule has 0 radical (unpaired) electrons. The molecule has 0 spiro atoms. The van der Waals surface area contributed by atoms with E-state index in [1.807, 2.05) is 31.2 Å². The van der Waals surface area contributed by atoms with Crippen LogP contribution in [0.1, 0.15) is 107 Å². The minimum atomic E-state index is -1.50. The highest BCUT2D eigenvalue weighted by atomic mass is 19.1. The second-order valence-corrected chi connectivity index (χ2v) is 10.8. The molecule has 2 atom stereocenters. The van der Waals surface area contributed by atoms with E-state index in [-0.39, 0.29) is 24.6 Å². The summed E-state index contributed by atoms with van der Waals surface area (Å²) < 4.78 is 24.4. The second-order valence-electron chi connectivity index (χ2n) is 10.8. The fourth-order valence-corrected chi connectivity index (χ4v) is 5.14. The zero-order valence-electron chi connectivity index (χ0n) is 23.4. The summed E-state index contributed by atoms with van der Waals surface area (Å²) in [6.07, 6.45) is 9.92. The number of ether oxygens (including phenoxy) is 2. The van der Waals surface area contributed by atoms with Crippen molar-refractivity contribution in [2.75, 3.05) is 0 Å². The molecule has 38 heavy (non-hydrogen) atoms. The van der Waals surface area contributed by atoms with Crippen molar-refractivity contribution >= 4 is 11.9 Å². The average molecular weight is 525 g/mol. The van der Waals surface area contributed by atoms with Gasteiger partial charge in [0.2, 0.25) is 0 Å². The summed E-state index contributed by atoms with van der Waals surface area (Å²) in [6, 6.07) is 16.3. The molecule has 0 heterocycles. The van der Waals surface area contributed by atoms with Gasteiger partial charge in [-0.2, -0.15) is 0 Å². The fraction of sp³-hybridized carbons (Fsp3) is 0.576. The van der Waals surface area contributed by atoms with Crippen LogP contribution in [0.2, 0.25) is 0 Å². The predicted octanol–water partition coefficient (Wildman–Crippen LogP) is 8.65. The van der Waals surface area contributed by atoms with Crippen molar-refractivity contribution in [1.29, 1.82) is 0 Å². The molecular weight excluding hydrogens is 479 g/mol. The molecule has 0 bridgehead atoms. The third-order valence-corrected chi connectivity index (χ3v) is 7.71. The van der Waals surface area contributed by atoms with E-state index < -0.39 is 12.1 Å². The topological polar surface area (TPSA) is 52.6 Å². The maximum Gasteiger partial charge on any atom is 0.340 e. The number of carbonyl (C=O) groups is 2. The van der Waals surface area contributed by atoms with Crippen molar-refractivity contribution in [2.45, 2.75) is 116 Å². The molecule has 2 aromatic rings. The van der Waals surface area contributed by atoms with E-state index in [0.717, 1.165) is 62.5 Å². The van der Waals surface area contributed by atoms with Gasteiger partial charge in [0.25, 0.3) is 0 Å². The zero-order valence-corrected chi connectivity index (χ0v) is 23.4. The van der Waals surface area contributed by atoms with Crippen molar-refractivity contribution < 1.29 is 23.5 Å². The van der Waals surface area contributed by atoms with Gasteiger partial charge >= 0.3 is 11.9 Å². The Balaban J connectivity index is 1.41. The maximum absolute atomic E-state index is 13.5. The molecule has 0 aliphatic heterocycles. The number of unbranched alkanes of at least 4 members (excludes halogenated alkanes) is 3. The molecule has 1 saturated carbocycles. The van der Waals surface area contributed by atoms with Gasteiger partial charge in [-0.1, -0.05) is 69.5 Å². The van der Waals surface area contributed by atoms with Crippen LogP contribution in [0.4, 0.5) is 4.39 Å².